The first-order valence-electron chi connectivity index (χ1n) is 7.26. The maximum Gasteiger partial charge on any atom is 0.00204 e. The predicted molar refractivity (Wildman–Crippen MR) is 80.5 cm³/mol. The highest BCUT2D eigenvalue weighted by atomic mass is 14.9. The fourth-order valence-electron chi connectivity index (χ4n) is 3.01. The minimum Gasteiger partial charge on any atom is -0.316 e. The largest absolute Gasteiger partial charge is 0.316 e. The van der Waals surface area contributed by atoms with E-state index in [0.717, 1.165) is 19.5 Å². The number of aryl methyl sites for hydroxylation is 1. The molecule has 0 spiro atoms. The summed E-state index contributed by atoms with van der Waals surface area (Å²) in [5.41, 5.74) is 4.54. The van der Waals surface area contributed by atoms with Crippen LogP contribution < -0.4 is 5.32 Å². The summed E-state index contributed by atoms with van der Waals surface area (Å²) >= 11 is 0. The van der Waals surface area contributed by atoms with E-state index in [1.54, 1.807) is 5.56 Å². The second-order valence-corrected chi connectivity index (χ2v) is 5.37. The normalized spacial score (nSPS) is 18.6. The fourth-order valence-corrected chi connectivity index (χ4v) is 3.01. The van der Waals surface area contributed by atoms with Crippen molar-refractivity contribution >= 4 is 0 Å². The van der Waals surface area contributed by atoms with Crippen LogP contribution in [0.3, 0.4) is 0 Å². The van der Waals surface area contributed by atoms with E-state index >= 15 is 0 Å². The Bertz CT molecular complexity index is 518. The zero-order chi connectivity index (χ0) is 12.9. The van der Waals surface area contributed by atoms with Gasteiger partial charge in [0, 0.05) is 6.54 Å². The van der Waals surface area contributed by atoms with E-state index in [1.807, 2.05) is 0 Å². The smallest absolute Gasteiger partial charge is 0.00204 e. The van der Waals surface area contributed by atoms with Gasteiger partial charge in [0.05, 0.1) is 0 Å². The molecule has 1 heteroatoms. The van der Waals surface area contributed by atoms with Crippen molar-refractivity contribution in [2.45, 2.75) is 25.2 Å². The average molecular weight is 251 g/mol. The number of hydrogen-bond donors (Lipinski definition) is 1. The SMILES string of the molecule is c1ccc(CC[C@H]2CNCCc3ccccc32)cc1. The first-order chi connectivity index (χ1) is 9.43. The van der Waals surface area contributed by atoms with E-state index in [0.29, 0.717) is 5.92 Å². The molecule has 2 aromatic rings. The summed E-state index contributed by atoms with van der Waals surface area (Å²) in [6.45, 7) is 2.22. The molecule has 1 nitrogen and oxygen atoms in total. The molecule has 1 heterocycles. The molecule has 1 N–H and O–H groups in total. The molecular weight excluding hydrogens is 230 g/mol. The minimum atomic E-state index is 0.652. The van der Waals surface area contributed by atoms with Crippen LogP contribution in [0.4, 0.5) is 0 Å². The van der Waals surface area contributed by atoms with Crippen molar-refractivity contribution in [3.8, 4) is 0 Å². The van der Waals surface area contributed by atoms with E-state index < -0.39 is 0 Å². The summed E-state index contributed by atoms with van der Waals surface area (Å²) in [5, 5.41) is 3.58. The third-order valence-corrected chi connectivity index (χ3v) is 4.08. The summed E-state index contributed by atoms with van der Waals surface area (Å²) in [5.74, 6) is 0.652. The van der Waals surface area contributed by atoms with Crippen molar-refractivity contribution in [1.29, 1.82) is 0 Å². The van der Waals surface area contributed by atoms with Crippen LogP contribution in [0.2, 0.25) is 0 Å². The minimum absolute atomic E-state index is 0.652. The van der Waals surface area contributed by atoms with Crippen molar-refractivity contribution in [3.63, 3.8) is 0 Å². The molecule has 19 heavy (non-hydrogen) atoms. The molecule has 0 fully saturated rings. The highest BCUT2D eigenvalue weighted by Gasteiger charge is 2.17. The number of nitrogens with one attached hydrogen (secondary N) is 1. The Morgan fingerprint density at radius 1 is 0.947 bits per heavy atom. The van der Waals surface area contributed by atoms with Crippen LogP contribution in [0.25, 0.3) is 0 Å². The third kappa shape index (κ3) is 3.05. The van der Waals surface area contributed by atoms with E-state index in [2.05, 4.69) is 59.9 Å². The number of rotatable bonds is 3. The summed E-state index contributed by atoms with van der Waals surface area (Å²) in [4.78, 5) is 0. The molecule has 0 bridgehead atoms. The Morgan fingerprint density at radius 2 is 1.74 bits per heavy atom. The molecular formula is C18H21N. The molecule has 0 aliphatic carbocycles. The van der Waals surface area contributed by atoms with Crippen LogP contribution in [0.1, 0.15) is 29.0 Å². The van der Waals surface area contributed by atoms with Crippen LogP contribution in [0, 0.1) is 0 Å². The zero-order valence-electron chi connectivity index (χ0n) is 11.3. The molecule has 0 saturated heterocycles. The lowest BCUT2D eigenvalue weighted by Gasteiger charge is -2.17. The van der Waals surface area contributed by atoms with Crippen molar-refractivity contribution in [2.75, 3.05) is 13.1 Å². The van der Waals surface area contributed by atoms with Gasteiger partial charge in [0.2, 0.25) is 0 Å². The number of benzene rings is 2. The van der Waals surface area contributed by atoms with Gasteiger partial charge in [-0.25, -0.2) is 0 Å². The third-order valence-electron chi connectivity index (χ3n) is 4.08. The van der Waals surface area contributed by atoms with E-state index in [1.165, 1.54) is 24.0 Å². The Hall–Kier alpha value is -1.60. The second-order valence-electron chi connectivity index (χ2n) is 5.37. The Labute approximate surface area is 115 Å². The van der Waals surface area contributed by atoms with E-state index in [-0.39, 0.29) is 0 Å². The molecule has 1 aliphatic heterocycles. The van der Waals surface area contributed by atoms with Crippen molar-refractivity contribution in [2.24, 2.45) is 0 Å². The summed E-state index contributed by atoms with van der Waals surface area (Å²) in [7, 11) is 0. The van der Waals surface area contributed by atoms with Crippen molar-refractivity contribution in [1.82, 2.24) is 5.32 Å². The maximum absolute atomic E-state index is 3.58. The number of fused-ring (bicyclic) bond motifs is 1. The van der Waals surface area contributed by atoms with Gasteiger partial charge in [0.25, 0.3) is 0 Å². The predicted octanol–water partition coefficient (Wildman–Crippen LogP) is 3.55. The molecule has 98 valence electrons. The molecule has 1 aliphatic rings. The van der Waals surface area contributed by atoms with Gasteiger partial charge in [-0.15, -0.1) is 0 Å². The Balaban J connectivity index is 1.74. The lowest BCUT2D eigenvalue weighted by molar-refractivity contribution is 0.572. The highest BCUT2D eigenvalue weighted by molar-refractivity contribution is 5.32. The maximum atomic E-state index is 3.58. The number of hydrogen-bond acceptors (Lipinski definition) is 1. The van der Waals surface area contributed by atoms with Crippen LogP contribution in [0.5, 0.6) is 0 Å². The van der Waals surface area contributed by atoms with E-state index in [4.69, 9.17) is 0 Å². The molecule has 0 amide bonds. The second kappa shape index (κ2) is 6.03. The Kier molecular flexibility index (Phi) is 3.95. The van der Waals surface area contributed by atoms with Gasteiger partial charge in [0.15, 0.2) is 0 Å². The molecule has 0 aromatic heterocycles. The average Bonchev–Trinajstić information content (AvgIpc) is 2.68. The fraction of sp³-hybridized carbons (Fsp3) is 0.333. The van der Waals surface area contributed by atoms with Crippen LogP contribution in [0.15, 0.2) is 54.6 Å². The molecule has 2 aromatic carbocycles. The van der Waals surface area contributed by atoms with Gasteiger partial charge < -0.3 is 5.32 Å². The first kappa shape index (κ1) is 12.4. The monoisotopic (exact) mass is 251 g/mol. The highest BCUT2D eigenvalue weighted by Crippen LogP contribution is 2.26. The molecule has 0 saturated carbocycles. The lowest BCUT2D eigenvalue weighted by atomic mass is 9.89. The lowest BCUT2D eigenvalue weighted by Crippen LogP contribution is -2.20. The standard InChI is InChI=1S/C18H21N/c1-2-6-15(7-3-1)10-11-17-14-19-13-12-16-8-4-5-9-18(16)17/h1-9,17,19H,10-14H2/t17-/m0/s1. The van der Waals surface area contributed by atoms with Crippen molar-refractivity contribution < 1.29 is 0 Å². The molecule has 0 radical (unpaired) electrons. The summed E-state index contributed by atoms with van der Waals surface area (Å²) in [6.07, 6.45) is 3.56. The molecule has 0 unspecified atom stereocenters. The summed E-state index contributed by atoms with van der Waals surface area (Å²) in [6, 6.07) is 19.8. The van der Waals surface area contributed by atoms with E-state index in [9.17, 15) is 0 Å². The van der Waals surface area contributed by atoms with Crippen LogP contribution in [-0.2, 0) is 12.8 Å². The van der Waals surface area contributed by atoms with Crippen LogP contribution in [-0.4, -0.2) is 13.1 Å². The molecule has 3 rings (SSSR count). The first-order valence-corrected chi connectivity index (χ1v) is 7.26. The van der Waals surface area contributed by atoms with Gasteiger partial charge in [0.1, 0.15) is 0 Å². The van der Waals surface area contributed by atoms with Crippen molar-refractivity contribution in [3.05, 3.63) is 71.3 Å². The van der Waals surface area contributed by atoms with Gasteiger partial charge in [-0.3, -0.25) is 0 Å². The van der Waals surface area contributed by atoms with Gasteiger partial charge in [-0.05, 0) is 48.4 Å². The van der Waals surface area contributed by atoms with Crippen LogP contribution >= 0.6 is 0 Å². The Morgan fingerprint density at radius 3 is 2.63 bits per heavy atom. The molecule has 1 atom stereocenters. The zero-order valence-corrected chi connectivity index (χ0v) is 11.3. The quantitative estimate of drug-likeness (QED) is 0.879. The van der Waals surface area contributed by atoms with Gasteiger partial charge in [-0.2, -0.15) is 0 Å². The van der Waals surface area contributed by atoms with Gasteiger partial charge in [-0.1, -0.05) is 54.6 Å². The summed E-state index contributed by atoms with van der Waals surface area (Å²) < 4.78 is 0. The van der Waals surface area contributed by atoms with Gasteiger partial charge >= 0.3 is 0 Å². The topological polar surface area (TPSA) is 12.0 Å².